The van der Waals surface area contributed by atoms with E-state index in [1.165, 1.54) is 0 Å². The molecule has 0 spiro atoms. The summed E-state index contributed by atoms with van der Waals surface area (Å²) in [6.07, 6.45) is 0. The van der Waals surface area contributed by atoms with Crippen LogP contribution in [0.3, 0.4) is 0 Å². The summed E-state index contributed by atoms with van der Waals surface area (Å²) in [6.45, 7) is 1.94. The minimum atomic E-state index is 0.0672. The van der Waals surface area contributed by atoms with E-state index in [-0.39, 0.29) is 5.28 Å². The number of azide groups is 1. The first-order valence-electron chi connectivity index (χ1n) is 7.15. The van der Waals surface area contributed by atoms with Crippen molar-refractivity contribution < 1.29 is 0 Å². The van der Waals surface area contributed by atoms with Crippen LogP contribution >= 0.6 is 23.2 Å². The van der Waals surface area contributed by atoms with Crippen molar-refractivity contribution in [3.05, 3.63) is 68.8 Å². The number of aromatic nitrogens is 3. The molecule has 0 aliphatic rings. The SMILES string of the molecule is Cc1ccc(Cl)cc1-c1nc(Cl)nc(Nc2ccc(N=[N+]=[N-])cc2)n1. The van der Waals surface area contributed by atoms with E-state index in [0.29, 0.717) is 28.2 Å². The summed E-state index contributed by atoms with van der Waals surface area (Å²) in [4.78, 5) is 15.4. The summed E-state index contributed by atoms with van der Waals surface area (Å²) in [5.41, 5.74) is 11.4. The van der Waals surface area contributed by atoms with Gasteiger partial charge in [0.05, 0.1) is 0 Å². The van der Waals surface area contributed by atoms with Crippen LogP contribution in [0.15, 0.2) is 47.6 Å². The van der Waals surface area contributed by atoms with Gasteiger partial charge in [0, 0.05) is 26.9 Å². The first-order valence-corrected chi connectivity index (χ1v) is 7.91. The topological polar surface area (TPSA) is 99.5 Å². The molecule has 9 heteroatoms. The van der Waals surface area contributed by atoms with Crippen LogP contribution in [0.2, 0.25) is 10.3 Å². The number of benzene rings is 2. The third-order valence-electron chi connectivity index (χ3n) is 3.33. The molecule has 2 aromatic carbocycles. The van der Waals surface area contributed by atoms with Crippen LogP contribution in [0.1, 0.15) is 5.56 Å². The molecule has 0 saturated carbocycles. The maximum atomic E-state index is 8.43. The first-order chi connectivity index (χ1) is 12.0. The van der Waals surface area contributed by atoms with Crippen molar-refractivity contribution >= 4 is 40.5 Å². The number of hydrogen-bond acceptors (Lipinski definition) is 5. The van der Waals surface area contributed by atoms with Gasteiger partial charge in [-0.2, -0.15) is 15.0 Å². The first kappa shape index (κ1) is 17.0. The highest BCUT2D eigenvalue weighted by molar-refractivity contribution is 6.31. The Morgan fingerprint density at radius 2 is 1.80 bits per heavy atom. The second kappa shape index (κ2) is 7.36. The molecule has 0 fully saturated rings. The summed E-state index contributed by atoms with van der Waals surface area (Å²) in [7, 11) is 0. The fraction of sp³-hybridized carbons (Fsp3) is 0.0625. The third-order valence-corrected chi connectivity index (χ3v) is 3.74. The monoisotopic (exact) mass is 371 g/mol. The summed E-state index contributed by atoms with van der Waals surface area (Å²) >= 11 is 12.1. The average molecular weight is 372 g/mol. The second-order valence-electron chi connectivity index (χ2n) is 5.07. The number of nitrogens with zero attached hydrogens (tertiary/aromatic N) is 6. The molecule has 0 aliphatic carbocycles. The number of halogens is 2. The maximum absolute atomic E-state index is 8.43. The third kappa shape index (κ3) is 4.16. The smallest absolute Gasteiger partial charge is 0.232 e. The lowest BCUT2D eigenvalue weighted by atomic mass is 10.1. The summed E-state index contributed by atoms with van der Waals surface area (Å²) < 4.78 is 0. The minimum Gasteiger partial charge on any atom is -0.324 e. The lowest BCUT2D eigenvalue weighted by Crippen LogP contribution is -2.02. The van der Waals surface area contributed by atoms with Gasteiger partial charge in [0.25, 0.3) is 0 Å². The molecular formula is C16H11Cl2N7. The number of rotatable bonds is 4. The van der Waals surface area contributed by atoms with E-state index in [1.807, 2.05) is 13.0 Å². The molecule has 1 heterocycles. The number of hydrogen-bond donors (Lipinski definition) is 1. The highest BCUT2D eigenvalue weighted by Gasteiger charge is 2.10. The van der Waals surface area contributed by atoms with Crippen molar-refractivity contribution in [3.63, 3.8) is 0 Å². The Balaban J connectivity index is 1.94. The fourth-order valence-corrected chi connectivity index (χ4v) is 2.49. The van der Waals surface area contributed by atoms with Crippen molar-refractivity contribution in [1.29, 1.82) is 0 Å². The van der Waals surface area contributed by atoms with Crippen LogP contribution in [0, 0.1) is 6.92 Å². The normalized spacial score (nSPS) is 10.2. The van der Waals surface area contributed by atoms with Crippen LogP contribution in [0.25, 0.3) is 21.8 Å². The number of anilines is 2. The van der Waals surface area contributed by atoms with Gasteiger partial charge >= 0.3 is 0 Å². The Morgan fingerprint density at radius 3 is 2.52 bits per heavy atom. The highest BCUT2D eigenvalue weighted by Crippen LogP contribution is 2.26. The van der Waals surface area contributed by atoms with Crippen molar-refractivity contribution in [1.82, 2.24) is 15.0 Å². The predicted molar refractivity (Wildman–Crippen MR) is 98.6 cm³/mol. The average Bonchev–Trinajstić information content (AvgIpc) is 2.58. The van der Waals surface area contributed by atoms with E-state index in [4.69, 9.17) is 28.7 Å². The summed E-state index contributed by atoms with van der Waals surface area (Å²) in [5, 5.41) is 7.21. The lowest BCUT2D eigenvalue weighted by molar-refractivity contribution is 1.06. The van der Waals surface area contributed by atoms with Gasteiger partial charge in [-0.3, -0.25) is 0 Å². The molecule has 124 valence electrons. The van der Waals surface area contributed by atoms with Gasteiger partial charge in [-0.15, -0.1) is 0 Å². The summed E-state index contributed by atoms with van der Waals surface area (Å²) in [6, 6.07) is 12.3. The fourth-order valence-electron chi connectivity index (χ4n) is 2.15. The Hall–Kier alpha value is -2.86. The van der Waals surface area contributed by atoms with Gasteiger partial charge in [0.15, 0.2) is 5.82 Å². The van der Waals surface area contributed by atoms with E-state index < -0.39 is 0 Å². The van der Waals surface area contributed by atoms with Gasteiger partial charge in [0.2, 0.25) is 11.2 Å². The molecule has 3 rings (SSSR count). The number of aryl methyl sites for hydroxylation is 1. The van der Waals surface area contributed by atoms with Crippen molar-refractivity contribution in [3.8, 4) is 11.4 Å². The zero-order valence-electron chi connectivity index (χ0n) is 13.0. The molecule has 3 aromatic rings. The molecule has 1 N–H and O–H groups in total. The Morgan fingerprint density at radius 1 is 1.04 bits per heavy atom. The molecule has 25 heavy (non-hydrogen) atoms. The van der Waals surface area contributed by atoms with E-state index in [2.05, 4.69) is 30.3 Å². The molecule has 0 bridgehead atoms. The molecule has 7 nitrogen and oxygen atoms in total. The zero-order chi connectivity index (χ0) is 17.8. The van der Waals surface area contributed by atoms with Crippen molar-refractivity contribution in [2.45, 2.75) is 6.92 Å². The summed E-state index contributed by atoms with van der Waals surface area (Å²) in [5.74, 6) is 0.721. The molecule has 0 aliphatic heterocycles. The molecule has 0 amide bonds. The molecule has 1 aromatic heterocycles. The Kier molecular flexibility index (Phi) is 5.00. The van der Waals surface area contributed by atoms with Crippen LogP contribution in [-0.4, -0.2) is 15.0 Å². The molecule has 0 unspecified atom stereocenters. The minimum absolute atomic E-state index is 0.0672. The van der Waals surface area contributed by atoms with Crippen molar-refractivity contribution in [2.24, 2.45) is 5.11 Å². The van der Waals surface area contributed by atoms with Gasteiger partial charge in [0.1, 0.15) is 0 Å². The quantitative estimate of drug-likeness (QED) is 0.353. The van der Waals surface area contributed by atoms with E-state index >= 15 is 0 Å². The lowest BCUT2D eigenvalue weighted by Gasteiger charge is -2.09. The molecule has 0 radical (unpaired) electrons. The van der Waals surface area contributed by atoms with E-state index in [9.17, 15) is 0 Å². The Bertz CT molecular complexity index is 967. The predicted octanol–water partition coefficient (Wildman–Crippen LogP) is 5.84. The van der Waals surface area contributed by atoms with E-state index in [1.54, 1.807) is 36.4 Å². The van der Waals surface area contributed by atoms with Crippen LogP contribution in [-0.2, 0) is 0 Å². The molecule has 0 saturated heterocycles. The molecular weight excluding hydrogens is 361 g/mol. The zero-order valence-corrected chi connectivity index (χ0v) is 14.5. The van der Waals surface area contributed by atoms with Crippen LogP contribution < -0.4 is 5.32 Å². The van der Waals surface area contributed by atoms with Crippen molar-refractivity contribution in [2.75, 3.05) is 5.32 Å². The van der Waals surface area contributed by atoms with E-state index in [0.717, 1.165) is 11.1 Å². The second-order valence-corrected chi connectivity index (χ2v) is 5.85. The standard InChI is InChI=1S/C16H11Cl2N7/c1-9-2-3-10(17)8-13(9)14-21-15(18)23-16(22-14)20-11-4-6-12(7-5-11)24-25-19/h2-8H,1H3,(H,20,21,22,23). The van der Waals surface area contributed by atoms with Gasteiger partial charge in [-0.1, -0.05) is 34.9 Å². The number of nitrogens with one attached hydrogen (secondary N) is 1. The van der Waals surface area contributed by atoms with Gasteiger partial charge < -0.3 is 5.32 Å². The van der Waals surface area contributed by atoms with Gasteiger partial charge in [-0.05, 0) is 53.9 Å². The van der Waals surface area contributed by atoms with Crippen LogP contribution in [0.4, 0.5) is 17.3 Å². The highest BCUT2D eigenvalue weighted by atomic mass is 35.5. The van der Waals surface area contributed by atoms with Crippen LogP contribution in [0.5, 0.6) is 0 Å². The largest absolute Gasteiger partial charge is 0.324 e. The Labute approximate surface area is 153 Å². The van der Waals surface area contributed by atoms with Gasteiger partial charge in [-0.25, -0.2) is 0 Å². The maximum Gasteiger partial charge on any atom is 0.232 e. The molecule has 0 atom stereocenters.